The Bertz CT molecular complexity index is 1490. The molecule has 5 aliphatic carbocycles. The summed E-state index contributed by atoms with van der Waals surface area (Å²) < 4.78 is 47.5. The lowest BCUT2D eigenvalue weighted by Crippen LogP contribution is -2.56. The number of nitrogens with two attached hydrogens (primary N) is 1. The first-order valence-electron chi connectivity index (χ1n) is 19.4. The van der Waals surface area contributed by atoms with Gasteiger partial charge >= 0.3 is 0 Å². The maximum Gasteiger partial charge on any atom is 0.231 e. The number of fused-ring (bicyclic) bond motifs is 4. The summed E-state index contributed by atoms with van der Waals surface area (Å²) in [5, 5.41) is 0. The van der Waals surface area contributed by atoms with Crippen LogP contribution in [-0.2, 0) is 30.3 Å². The monoisotopic (exact) mass is 697 g/mol. The molecule has 7 aliphatic rings. The van der Waals surface area contributed by atoms with Gasteiger partial charge in [-0.1, -0.05) is 20.8 Å². The van der Waals surface area contributed by atoms with E-state index < -0.39 is 11.6 Å². The molecule has 8 rings (SSSR count). The SMILES string of the molecule is CC(=O)N(Cc1cc(F)cc(F)c1)CC1CC[C@H]2C(CC3C4CC[C@H]5C(C)(C)[C@@H](OC6CN(CC(N)=O)CCO6)CCC56C[C@@]46CCC32C)O1. The van der Waals surface area contributed by atoms with Crippen LogP contribution in [0.1, 0.15) is 97.5 Å². The van der Waals surface area contributed by atoms with Crippen molar-refractivity contribution in [1.29, 1.82) is 0 Å². The number of rotatable bonds is 8. The van der Waals surface area contributed by atoms with Crippen LogP contribution in [0.25, 0.3) is 0 Å². The molecule has 0 aromatic heterocycles. The van der Waals surface area contributed by atoms with Crippen molar-refractivity contribution in [1.82, 2.24) is 9.80 Å². The van der Waals surface area contributed by atoms with E-state index in [0.29, 0.717) is 60.4 Å². The molecule has 50 heavy (non-hydrogen) atoms. The van der Waals surface area contributed by atoms with Gasteiger partial charge in [-0.15, -0.1) is 0 Å². The van der Waals surface area contributed by atoms with Crippen molar-refractivity contribution in [2.45, 2.75) is 123 Å². The molecule has 1 aromatic carbocycles. The Labute approximate surface area is 296 Å². The molecule has 0 radical (unpaired) electrons. The van der Waals surface area contributed by atoms with E-state index in [1.54, 1.807) is 4.90 Å². The summed E-state index contributed by atoms with van der Waals surface area (Å²) in [7, 11) is 0. The standard InChI is InChI=1S/C40H57F2N3O5/c1-24(46)45(19-25-15-26(41)17-27(42)16-25)20-28-5-6-30-32(49-28)18-31-29-7-8-33-37(2,3)34(50-36-22-44(13-14-48-36)21-35(43)47)9-10-40(33)23-39(29,40)12-11-38(30,31)4/h15-17,28-34,36H,5-14,18-23H2,1-4H3,(H2,43,47)/t28?,29?,30-,31?,32?,33-,34-,36?,38?,39-,40?/m0/s1. The van der Waals surface area contributed by atoms with Gasteiger partial charge in [0.25, 0.3) is 0 Å². The average molecular weight is 698 g/mol. The number of carbonyl (C=O) groups is 2. The second kappa shape index (κ2) is 12.5. The number of morpholine rings is 1. The summed E-state index contributed by atoms with van der Waals surface area (Å²) in [6.07, 6.45) is 11.9. The van der Waals surface area contributed by atoms with Crippen LogP contribution in [0.5, 0.6) is 0 Å². The molecule has 8 nitrogen and oxygen atoms in total. The van der Waals surface area contributed by atoms with Gasteiger partial charge in [0.05, 0.1) is 38.0 Å². The molecule has 2 N–H and O–H groups in total. The van der Waals surface area contributed by atoms with Gasteiger partial charge in [0.2, 0.25) is 11.8 Å². The van der Waals surface area contributed by atoms with Crippen molar-refractivity contribution in [3.8, 4) is 0 Å². The van der Waals surface area contributed by atoms with E-state index in [1.807, 2.05) is 4.90 Å². The summed E-state index contributed by atoms with van der Waals surface area (Å²) >= 11 is 0. The molecule has 11 atom stereocenters. The van der Waals surface area contributed by atoms with Gasteiger partial charge in [-0.05, 0) is 127 Å². The van der Waals surface area contributed by atoms with E-state index in [0.717, 1.165) is 37.7 Å². The van der Waals surface area contributed by atoms with E-state index in [1.165, 1.54) is 57.6 Å². The Morgan fingerprint density at radius 3 is 2.48 bits per heavy atom. The molecule has 5 saturated carbocycles. The summed E-state index contributed by atoms with van der Waals surface area (Å²) in [5.74, 6) is 0.904. The van der Waals surface area contributed by atoms with Crippen LogP contribution in [0.2, 0.25) is 0 Å². The van der Waals surface area contributed by atoms with Gasteiger partial charge in [-0.2, -0.15) is 0 Å². The molecule has 2 aliphatic heterocycles. The highest BCUT2D eigenvalue weighted by molar-refractivity contribution is 5.76. The third kappa shape index (κ3) is 5.65. The summed E-state index contributed by atoms with van der Waals surface area (Å²) in [6.45, 7) is 11.7. The third-order valence-electron chi connectivity index (χ3n) is 15.6. The van der Waals surface area contributed by atoms with Crippen LogP contribution in [0.15, 0.2) is 18.2 Å². The minimum absolute atomic E-state index is 0.0443. The Balaban J connectivity index is 0.930. The lowest BCUT2D eigenvalue weighted by atomic mass is 9.46. The summed E-state index contributed by atoms with van der Waals surface area (Å²) in [5.41, 5.74) is 7.10. The Morgan fingerprint density at radius 2 is 1.74 bits per heavy atom. The minimum atomic E-state index is -0.625. The molecular weight excluding hydrogens is 640 g/mol. The molecule has 2 amide bonds. The highest BCUT2D eigenvalue weighted by Gasteiger charge is 2.80. The fraction of sp³-hybridized carbons (Fsp3) is 0.800. The normalized spacial score (nSPS) is 43.1. The van der Waals surface area contributed by atoms with E-state index in [9.17, 15) is 18.4 Å². The van der Waals surface area contributed by atoms with Crippen LogP contribution in [0.4, 0.5) is 8.78 Å². The van der Waals surface area contributed by atoms with Gasteiger partial charge < -0.3 is 24.8 Å². The quantitative estimate of drug-likeness (QED) is 0.356. The van der Waals surface area contributed by atoms with Crippen LogP contribution < -0.4 is 5.73 Å². The summed E-state index contributed by atoms with van der Waals surface area (Å²) in [4.78, 5) is 27.9. The number of carbonyl (C=O) groups excluding carboxylic acids is 2. The molecule has 2 saturated heterocycles. The van der Waals surface area contributed by atoms with Gasteiger partial charge in [0.15, 0.2) is 6.29 Å². The number of ether oxygens (including phenoxy) is 3. The molecule has 7 fully saturated rings. The highest BCUT2D eigenvalue weighted by atomic mass is 19.1. The Kier molecular flexibility index (Phi) is 8.72. The molecular formula is C40H57F2N3O5. The number of halogens is 2. The average Bonchev–Trinajstić information content (AvgIpc) is 3.61. The van der Waals surface area contributed by atoms with Gasteiger partial charge in [-0.25, -0.2) is 8.78 Å². The highest BCUT2D eigenvalue weighted by Crippen LogP contribution is 2.87. The maximum atomic E-state index is 13.9. The van der Waals surface area contributed by atoms with Crippen molar-refractivity contribution < 1.29 is 32.6 Å². The maximum absolute atomic E-state index is 13.9. The van der Waals surface area contributed by atoms with Gasteiger partial charge in [0, 0.05) is 32.6 Å². The van der Waals surface area contributed by atoms with Crippen LogP contribution >= 0.6 is 0 Å². The predicted molar refractivity (Wildman–Crippen MR) is 183 cm³/mol. The minimum Gasteiger partial charge on any atom is -0.373 e. The number of hydrogen-bond donors (Lipinski definition) is 1. The fourth-order valence-corrected chi connectivity index (χ4v) is 13.4. The van der Waals surface area contributed by atoms with E-state index >= 15 is 0 Å². The number of nitrogens with zero attached hydrogens (tertiary/aromatic N) is 2. The molecule has 1 aromatic rings. The zero-order chi connectivity index (χ0) is 35.2. The van der Waals surface area contributed by atoms with Crippen molar-refractivity contribution in [2.75, 3.05) is 32.8 Å². The molecule has 10 heteroatoms. The van der Waals surface area contributed by atoms with E-state index in [4.69, 9.17) is 19.9 Å². The second-order valence-corrected chi connectivity index (χ2v) is 18.2. The molecule has 0 bridgehead atoms. The summed E-state index contributed by atoms with van der Waals surface area (Å²) in [6, 6.07) is 3.48. The molecule has 276 valence electrons. The Morgan fingerprint density at radius 1 is 0.980 bits per heavy atom. The van der Waals surface area contributed by atoms with E-state index in [2.05, 4.69) is 20.8 Å². The fourth-order valence-electron chi connectivity index (χ4n) is 13.4. The predicted octanol–water partition coefficient (Wildman–Crippen LogP) is 6.05. The second-order valence-electron chi connectivity index (χ2n) is 18.2. The zero-order valence-electron chi connectivity index (χ0n) is 30.4. The first kappa shape index (κ1) is 34.9. The van der Waals surface area contributed by atoms with Crippen molar-refractivity contribution in [3.63, 3.8) is 0 Å². The van der Waals surface area contributed by atoms with Crippen LogP contribution in [-0.4, -0.2) is 79.0 Å². The molecule has 2 heterocycles. The molecule has 7 unspecified atom stereocenters. The first-order valence-corrected chi connectivity index (χ1v) is 19.4. The Hall–Kier alpha value is -2.14. The zero-order valence-corrected chi connectivity index (χ0v) is 30.4. The number of benzene rings is 1. The van der Waals surface area contributed by atoms with Crippen LogP contribution in [0, 0.1) is 57.0 Å². The van der Waals surface area contributed by atoms with Gasteiger partial charge in [-0.3, -0.25) is 14.5 Å². The lowest BCUT2D eigenvalue weighted by Gasteiger charge is -2.60. The number of amides is 2. The van der Waals surface area contributed by atoms with Crippen molar-refractivity contribution in [3.05, 3.63) is 35.4 Å². The molecule has 2 spiro atoms. The van der Waals surface area contributed by atoms with Crippen molar-refractivity contribution >= 4 is 11.8 Å². The smallest absolute Gasteiger partial charge is 0.231 e. The largest absolute Gasteiger partial charge is 0.373 e. The van der Waals surface area contributed by atoms with Crippen LogP contribution in [0.3, 0.4) is 0 Å². The first-order chi connectivity index (χ1) is 23.7. The number of primary amides is 1. The van der Waals surface area contributed by atoms with E-state index in [-0.39, 0.29) is 60.3 Å². The topological polar surface area (TPSA) is 94.3 Å². The van der Waals surface area contributed by atoms with Gasteiger partial charge in [0.1, 0.15) is 11.6 Å². The third-order valence-corrected chi connectivity index (χ3v) is 15.6. The number of hydrogen-bond acceptors (Lipinski definition) is 6. The van der Waals surface area contributed by atoms with Crippen molar-refractivity contribution in [2.24, 2.45) is 51.1 Å². The lowest BCUT2D eigenvalue weighted by molar-refractivity contribution is -0.244.